The predicted molar refractivity (Wildman–Crippen MR) is 88.6 cm³/mol. The van der Waals surface area contributed by atoms with Crippen molar-refractivity contribution in [2.24, 2.45) is 0 Å². The quantitative estimate of drug-likeness (QED) is 0.876. The summed E-state index contributed by atoms with van der Waals surface area (Å²) in [5.41, 5.74) is 1.27. The molecular weight excluding hydrogens is 326 g/mol. The number of carbonyl (C=O) groups excluding carboxylic acids is 2. The van der Waals surface area contributed by atoms with Crippen LogP contribution in [-0.4, -0.2) is 17.9 Å². The van der Waals surface area contributed by atoms with E-state index in [1.807, 2.05) is 0 Å². The molecule has 1 heterocycles. The summed E-state index contributed by atoms with van der Waals surface area (Å²) in [7, 11) is 0. The van der Waals surface area contributed by atoms with Crippen molar-refractivity contribution in [2.75, 3.05) is 0 Å². The van der Waals surface area contributed by atoms with Crippen molar-refractivity contribution in [2.45, 2.75) is 31.3 Å². The van der Waals surface area contributed by atoms with Crippen LogP contribution in [0.2, 0.25) is 0 Å². The number of rotatable bonds is 5. The Kier molecular flexibility index (Phi) is 5.07. The van der Waals surface area contributed by atoms with Crippen LogP contribution in [-0.2, 0) is 16.0 Å². The van der Waals surface area contributed by atoms with Crippen molar-refractivity contribution in [1.82, 2.24) is 10.6 Å². The summed E-state index contributed by atoms with van der Waals surface area (Å²) in [6, 6.07) is 10.9. The van der Waals surface area contributed by atoms with E-state index in [1.165, 1.54) is 24.3 Å². The summed E-state index contributed by atoms with van der Waals surface area (Å²) in [4.78, 5) is 23.7. The SMILES string of the molecule is O=C1CC[C@@H](C(=O)N[C@H](Cc2cccc(F)c2)c2cccc(F)c2)N1. The Bertz CT molecular complexity index is 794. The first-order valence-corrected chi connectivity index (χ1v) is 8.11. The van der Waals surface area contributed by atoms with Gasteiger partial charge in [-0.15, -0.1) is 0 Å². The summed E-state index contributed by atoms with van der Waals surface area (Å²) in [5.74, 6) is -1.26. The maximum atomic E-state index is 13.6. The van der Waals surface area contributed by atoms with Crippen LogP contribution < -0.4 is 10.6 Å². The van der Waals surface area contributed by atoms with Gasteiger partial charge in [-0.2, -0.15) is 0 Å². The standard InChI is InChI=1S/C19H18F2N2O2/c20-14-5-1-3-12(9-14)10-17(13-4-2-6-15(21)11-13)23-19(25)16-7-8-18(24)22-16/h1-6,9,11,16-17H,7-8,10H2,(H,22,24)(H,23,25)/t16-,17+/m0/s1. The van der Waals surface area contributed by atoms with Crippen LogP contribution >= 0.6 is 0 Å². The van der Waals surface area contributed by atoms with Crippen LogP contribution in [0.25, 0.3) is 0 Å². The van der Waals surface area contributed by atoms with E-state index in [9.17, 15) is 18.4 Å². The molecule has 2 atom stereocenters. The van der Waals surface area contributed by atoms with E-state index < -0.39 is 17.9 Å². The highest BCUT2D eigenvalue weighted by Gasteiger charge is 2.29. The van der Waals surface area contributed by atoms with Gasteiger partial charge in [-0.3, -0.25) is 9.59 Å². The number of halogens is 2. The van der Waals surface area contributed by atoms with Gasteiger partial charge in [0, 0.05) is 6.42 Å². The number of hydrogen-bond donors (Lipinski definition) is 2. The molecule has 0 bridgehead atoms. The molecule has 2 aromatic carbocycles. The second kappa shape index (κ2) is 7.42. The number of carbonyl (C=O) groups is 2. The first-order chi connectivity index (χ1) is 12.0. The van der Waals surface area contributed by atoms with E-state index in [1.54, 1.807) is 24.3 Å². The molecule has 130 valence electrons. The summed E-state index contributed by atoms with van der Waals surface area (Å²) in [6.07, 6.45) is 1.06. The second-order valence-corrected chi connectivity index (χ2v) is 6.11. The number of amides is 2. The summed E-state index contributed by atoms with van der Waals surface area (Å²) < 4.78 is 27.0. The van der Waals surface area contributed by atoms with Crippen LogP contribution in [0.5, 0.6) is 0 Å². The minimum Gasteiger partial charge on any atom is -0.347 e. The van der Waals surface area contributed by atoms with Crippen LogP contribution in [0, 0.1) is 11.6 Å². The number of nitrogens with one attached hydrogen (secondary N) is 2. The smallest absolute Gasteiger partial charge is 0.243 e. The van der Waals surface area contributed by atoms with Crippen molar-refractivity contribution in [3.05, 3.63) is 71.3 Å². The molecule has 25 heavy (non-hydrogen) atoms. The van der Waals surface area contributed by atoms with Gasteiger partial charge in [0.25, 0.3) is 0 Å². The monoisotopic (exact) mass is 344 g/mol. The van der Waals surface area contributed by atoms with Crippen molar-refractivity contribution < 1.29 is 18.4 Å². The molecule has 0 saturated carbocycles. The minimum absolute atomic E-state index is 0.160. The molecule has 4 nitrogen and oxygen atoms in total. The maximum absolute atomic E-state index is 13.6. The van der Waals surface area contributed by atoms with Crippen LogP contribution in [0.3, 0.4) is 0 Å². The van der Waals surface area contributed by atoms with Crippen molar-refractivity contribution in [3.8, 4) is 0 Å². The van der Waals surface area contributed by atoms with E-state index in [0.29, 0.717) is 30.4 Å². The normalized spacial score (nSPS) is 17.8. The van der Waals surface area contributed by atoms with Gasteiger partial charge in [-0.05, 0) is 48.2 Å². The average Bonchev–Trinajstić information content (AvgIpc) is 3.01. The first-order valence-electron chi connectivity index (χ1n) is 8.11. The molecule has 0 aromatic heterocycles. The molecule has 0 spiro atoms. The van der Waals surface area contributed by atoms with Gasteiger partial charge in [-0.25, -0.2) is 8.78 Å². The molecular formula is C19H18F2N2O2. The van der Waals surface area contributed by atoms with Crippen molar-refractivity contribution in [1.29, 1.82) is 0 Å². The van der Waals surface area contributed by atoms with E-state index in [-0.39, 0.29) is 17.6 Å². The zero-order valence-electron chi connectivity index (χ0n) is 13.5. The third kappa shape index (κ3) is 4.41. The highest BCUT2D eigenvalue weighted by atomic mass is 19.1. The van der Waals surface area contributed by atoms with Gasteiger partial charge in [-0.1, -0.05) is 24.3 Å². The van der Waals surface area contributed by atoms with Gasteiger partial charge in [0.2, 0.25) is 11.8 Å². The molecule has 0 unspecified atom stereocenters. The van der Waals surface area contributed by atoms with Crippen LogP contribution in [0.15, 0.2) is 48.5 Å². The topological polar surface area (TPSA) is 58.2 Å². The zero-order valence-corrected chi connectivity index (χ0v) is 13.5. The lowest BCUT2D eigenvalue weighted by molar-refractivity contribution is -0.126. The Morgan fingerprint density at radius 2 is 1.88 bits per heavy atom. The van der Waals surface area contributed by atoms with Crippen LogP contribution in [0.4, 0.5) is 8.78 Å². The average molecular weight is 344 g/mol. The van der Waals surface area contributed by atoms with E-state index >= 15 is 0 Å². The lowest BCUT2D eigenvalue weighted by Gasteiger charge is -2.22. The molecule has 0 radical (unpaired) electrons. The third-order valence-corrected chi connectivity index (χ3v) is 4.21. The molecule has 1 saturated heterocycles. The molecule has 2 amide bonds. The third-order valence-electron chi connectivity index (χ3n) is 4.21. The fourth-order valence-electron chi connectivity index (χ4n) is 2.96. The highest BCUT2D eigenvalue weighted by Crippen LogP contribution is 2.21. The summed E-state index contributed by atoms with van der Waals surface area (Å²) >= 11 is 0. The Balaban J connectivity index is 1.81. The Morgan fingerprint density at radius 1 is 1.16 bits per heavy atom. The summed E-state index contributed by atoms with van der Waals surface area (Å²) in [6.45, 7) is 0. The first kappa shape index (κ1) is 17.1. The molecule has 1 fully saturated rings. The van der Waals surface area contributed by atoms with E-state index in [4.69, 9.17) is 0 Å². The van der Waals surface area contributed by atoms with Gasteiger partial charge in [0.05, 0.1) is 6.04 Å². The molecule has 6 heteroatoms. The molecule has 0 aliphatic carbocycles. The van der Waals surface area contributed by atoms with E-state index in [2.05, 4.69) is 10.6 Å². The zero-order chi connectivity index (χ0) is 17.8. The van der Waals surface area contributed by atoms with Gasteiger partial charge in [0.15, 0.2) is 0 Å². The fraction of sp³-hybridized carbons (Fsp3) is 0.263. The number of hydrogen-bond acceptors (Lipinski definition) is 2. The van der Waals surface area contributed by atoms with Crippen molar-refractivity contribution >= 4 is 11.8 Å². The Labute approximate surface area is 144 Å². The minimum atomic E-state index is -0.587. The van der Waals surface area contributed by atoms with Crippen LogP contribution in [0.1, 0.15) is 30.0 Å². The highest BCUT2D eigenvalue weighted by molar-refractivity contribution is 5.91. The molecule has 1 aliphatic heterocycles. The summed E-state index contributed by atoms with van der Waals surface area (Å²) in [5, 5.41) is 5.46. The fourth-order valence-corrected chi connectivity index (χ4v) is 2.96. The molecule has 2 N–H and O–H groups in total. The largest absolute Gasteiger partial charge is 0.347 e. The molecule has 1 aliphatic rings. The number of benzene rings is 2. The van der Waals surface area contributed by atoms with Gasteiger partial charge >= 0.3 is 0 Å². The van der Waals surface area contributed by atoms with Gasteiger partial charge < -0.3 is 10.6 Å². The lowest BCUT2D eigenvalue weighted by atomic mass is 9.98. The molecule has 3 rings (SSSR count). The Hall–Kier alpha value is -2.76. The lowest BCUT2D eigenvalue weighted by Crippen LogP contribution is -2.43. The van der Waals surface area contributed by atoms with Crippen molar-refractivity contribution in [3.63, 3.8) is 0 Å². The van der Waals surface area contributed by atoms with E-state index in [0.717, 1.165) is 0 Å². The predicted octanol–water partition coefficient (Wildman–Crippen LogP) is 2.64. The van der Waals surface area contributed by atoms with Gasteiger partial charge in [0.1, 0.15) is 17.7 Å². The maximum Gasteiger partial charge on any atom is 0.243 e. The second-order valence-electron chi connectivity index (χ2n) is 6.11. The Morgan fingerprint density at radius 3 is 2.52 bits per heavy atom. The molecule has 2 aromatic rings.